The van der Waals surface area contributed by atoms with Crippen molar-refractivity contribution >= 4 is 21.5 Å². The molecular formula is C46H30O2. The largest absolute Gasteiger partial charge is 0.376 e. The summed E-state index contributed by atoms with van der Waals surface area (Å²) in [5.74, 6) is 0. The topological polar surface area (TPSA) is 40.5 Å². The first-order valence-electron chi connectivity index (χ1n) is 16.5. The molecule has 2 heteroatoms. The second-order valence-electron chi connectivity index (χ2n) is 13.1. The van der Waals surface area contributed by atoms with Crippen molar-refractivity contribution in [2.75, 3.05) is 0 Å². The molecule has 8 aromatic carbocycles. The molecule has 0 atom stereocenters. The summed E-state index contributed by atoms with van der Waals surface area (Å²) in [6.45, 7) is 0. The Kier molecular flexibility index (Phi) is 5.61. The first-order chi connectivity index (χ1) is 23.6. The van der Waals surface area contributed by atoms with E-state index in [2.05, 4.69) is 84.9 Å². The van der Waals surface area contributed by atoms with E-state index < -0.39 is 11.2 Å². The SMILES string of the molecule is OC1(c2cc3ccccc3cc2-c2cc3ccccc3cc2C2(O)c3ccccc3-c3ccccc32)c2ccccc2-c2ccccc21. The fraction of sp³-hybridized carbons (Fsp3) is 0.0435. The minimum atomic E-state index is -1.43. The minimum absolute atomic E-state index is 0.790. The van der Waals surface area contributed by atoms with Gasteiger partial charge in [0.05, 0.1) is 0 Å². The van der Waals surface area contributed by atoms with E-state index in [0.717, 1.165) is 88.3 Å². The molecule has 48 heavy (non-hydrogen) atoms. The standard InChI is InChI=1S/C46H30O2/c47-45(39-21-9-5-17-33(39)34-18-6-10-22-40(34)45)43-27-31-15-3-1-13-29(31)25-37(43)38-26-30-14-2-4-16-32(30)28-44(38)46(48)41-23-11-7-19-35(41)36-20-8-12-24-42(36)46/h1-28,47-48H. The van der Waals surface area contributed by atoms with Gasteiger partial charge in [0.25, 0.3) is 0 Å². The predicted molar refractivity (Wildman–Crippen MR) is 195 cm³/mol. The second kappa shape index (κ2) is 9.85. The monoisotopic (exact) mass is 614 g/mol. The maximum absolute atomic E-state index is 13.4. The van der Waals surface area contributed by atoms with Gasteiger partial charge in [0.2, 0.25) is 0 Å². The van der Waals surface area contributed by atoms with Gasteiger partial charge in [0.15, 0.2) is 0 Å². The van der Waals surface area contributed by atoms with Crippen LogP contribution in [0.4, 0.5) is 0 Å². The predicted octanol–water partition coefficient (Wildman–Crippen LogP) is 10.2. The van der Waals surface area contributed by atoms with Gasteiger partial charge in [-0.3, -0.25) is 0 Å². The Bertz CT molecular complexity index is 2340. The van der Waals surface area contributed by atoms with E-state index in [1.54, 1.807) is 0 Å². The van der Waals surface area contributed by atoms with Gasteiger partial charge < -0.3 is 10.2 Å². The van der Waals surface area contributed by atoms with Crippen LogP contribution in [-0.4, -0.2) is 10.2 Å². The number of fused-ring (bicyclic) bond motifs is 8. The molecule has 0 unspecified atom stereocenters. The highest BCUT2D eigenvalue weighted by atomic mass is 16.3. The third-order valence-corrected chi connectivity index (χ3v) is 10.7. The van der Waals surface area contributed by atoms with Crippen LogP contribution >= 0.6 is 0 Å². The summed E-state index contributed by atoms with van der Waals surface area (Å²) in [7, 11) is 0. The average molecular weight is 615 g/mol. The zero-order valence-electron chi connectivity index (χ0n) is 26.1. The van der Waals surface area contributed by atoms with E-state index in [1.807, 2.05) is 84.9 Å². The molecule has 2 aliphatic rings. The van der Waals surface area contributed by atoms with E-state index in [9.17, 15) is 10.2 Å². The summed E-state index contributed by atoms with van der Waals surface area (Å²) in [4.78, 5) is 0. The van der Waals surface area contributed by atoms with Crippen LogP contribution in [0, 0.1) is 0 Å². The van der Waals surface area contributed by atoms with Crippen molar-refractivity contribution < 1.29 is 10.2 Å². The molecule has 0 spiro atoms. The molecule has 0 saturated heterocycles. The van der Waals surface area contributed by atoms with Crippen molar-refractivity contribution in [1.29, 1.82) is 0 Å². The molecule has 0 radical (unpaired) electrons. The lowest BCUT2D eigenvalue weighted by Crippen LogP contribution is -2.29. The number of rotatable bonds is 3. The maximum Gasteiger partial charge on any atom is 0.142 e. The zero-order chi connectivity index (χ0) is 32.0. The average Bonchev–Trinajstić information content (AvgIpc) is 3.57. The van der Waals surface area contributed by atoms with Crippen molar-refractivity contribution in [3.05, 3.63) is 203 Å². The van der Waals surface area contributed by atoms with Crippen LogP contribution < -0.4 is 0 Å². The smallest absolute Gasteiger partial charge is 0.142 e. The van der Waals surface area contributed by atoms with Crippen LogP contribution in [0.5, 0.6) is 0 Å². The third kappa shape index (κ3) is 3.53. The molecule has 0 fully saturated rings. The molecule has 0 heterocycles. The van der Waals surface area contributed by atoms with Gasteiger partial charge in [-0.05, 0) is 79.2 Å². The van der Waals surface area contributed by atoms with Gasteiger partial charge in [-0.15, -0.1) is 0 Å². The van der Waals surface area contributed by atoms with E-state index in [4.69, 9.17) is 0 Å². The molecule has 226 valence electrons. The molecular weight excluding hydrogens is 585 g/mol. The molecule has 0 aromatic heterocycles. The lowest BCUT2D eigenvalue weighted by Gasteiger charge is -2.33. The Morgan fingerprint density at radius 2 is 0.500 bits per heavy atom. The van der Waals surface area contributed by atoms with E-state index in [1.165, 1.54) is 0 Å². The maximum atomic E-state index is 13.4. The van der Waals surface area contributed by atoms with Crippen molar-refractivity contribution in [2.24, 2.45) is 0 Å². The van der Waals surface area contributed by atoms with Crippen LogP contribution in [0.1, 0.15) is 33.4 Å². The third-order valence-electron chi connectivity index (χ3n) is 10.7. The lowest BCUT2D eigenvalue weighted by molar-refractivity contribution is 0.129. The lowest BCUT2D eigenvalue weighted by atomic mass is 9.75. The summed E-state index contributed by atoms with van der Waals surface area (Å²) in [6, 6.07) is 58.2. The van der Waals surface area contributed by atoms with Crippen LogP contribution in [0.2, 0.25) is 0 Å². The van der Waals surface area contributed by atoms with Gasteiger partial charge in [-0.25, -0.2) is 0 Å². The molecule has 2 nitrogen and oxygen atoms in total. The molecule has 0 aliphatic heterocycles. The van der Waals surface area contributed by atoms with Crippen molar-refractivity contribution in [2.45, 2.75) is 11.2 Å². The number of benzene rings is 8. The molecule has 0 bridgehead atoms. The summed E-state index contributed by atoms with van der Waals surface area (Å²) >= 11 is 0. The Balaban J connectivity index is 1.36. The summed E-state index contributed by atoms with van der Waals surface area (Å²) < 4.78 is 0. The first-order valence-corrected chi connectivity index (χ1v) is 16.5. The number of hydrogen-bond donors (Lipinski definition) is 2. The zero-order valence-corrected chi connectivity index (χ0v) is 26.1. The van der Waals surface area contributed by atoms with Crippen LogP contribution in [-0.2, 0) is 11.2 Å². The minimum Gasteiger partial charge on any atom is -0.376 e. The van der Waals surface area contributed by atoms with Crippen molar-refractivity contribution in [3.63, 3.8) is 0 Å². The second-order valence-corrected chi connectivity index (χ2v) is 13.1. The Morgan fingerprint density at radius 1 is 0.250 bits per heavy atom. The van der Waals surface area contributed by atoms with E-state index in [-0.39, 0.29) is 0 Å². The fourth-order valence-corrected chi connectivity index (χ4v) is 8.53. The van der Waals surface area contributed by atoms with Gasteiger partial charge in [0.1, 0.15) is 11.2 Å². The number of hydrogen-bond acceptors (Lipinski definition) is 2. The van der Waals surface area contributed by atoms with Crippen LogP contribution in [0.25, 0.3) is 54.9 Å². The highest BCUT2D eigenvalue weighted by Gasteiger charge is 2.47. The number of aliphatic hydroxyl groups is 2. The Hall–Kier alpha value is -5.80. The van der Waals surface area contributed by atoms with Crippen LogP contribution in [0.15, 0.2) is 170 Å². The highest BCUT2D eigenvalue weighted by molar-refractivity contribution is 5.98. The van der Waals surface area contributed by atoms with Crippen molar-refractivity contribution in [1.82, 2.24) is 0 Å². The van der Waals surface area contributed by atoms with Gasteiger partial charge >= 0.3 is 0 Å². The van der Waals surface area contributed by atoms with Gasteiger partial charge in [0, 0.05) is 33.4 Å². The Labute approximate surface area is 278 Å². The molecule has 2 aliphatic carbocycles. The van der Waals surface area contributed by atoms with Crippen molar-refractivity contribution in [3.8, 4) is 33.4 Å². The molecule has 0 amide bonds. The molecule has 10 rings (SSSR count). The Morgan fingerprint density at radius 3 is 0.812 bits per heavy atom. The van der Waals surface area contributed by atoms with Gasteiger partial charge in [-0.2, -0.15) is 0 Å². The van der Waals surface area contributed by atoms with Gasteiger partial charge in [-0.1, -0.05) is 146 Å². The first kappa shape index (κ1) is 27.3. The summed E-state index contributed by atoms with van der Waals surface area (Å²) in [5, 5.41) is 30.9. The summed E-state index contributed by atoms with van der Waals surface area (Å²) in [5.41, 5.74) is 8.08. The fourth-order valence-electron chi connectivity index (χ4n) is 8.53. The van der Waals surface area contributed by atoms with E-state index >= 15 is 0 Å². The van der Waals surface area contributed by atoms with E-state index in [0.29, 0.717) is 0 Å². The molecule has 8 aromatic rings. The molecule has 2 N–H and O–H groups in total. The quantitative estimate of drug-likeness (QED) is 0.208. The highest BCUT2D eigenvalue weighted by Crippen LogP contribution is 2.57. The molecule has 0 saturated carbocycles. The summed E-state index contributed by atoms with van der Waals surface area (Å²) in [6.07, 6.45) is 0. The normalized spacial score (nSPS) is 14.8. The van der Waals surface area contributed by atoms with Crippen LogP contribution in [0.3, 0.4) is 0 Å².